The number of para-hydroxylation sites is 1. The number of carbonyl (C=O) groups is 1. The maximum Gasteiger partial charge on any atom is 0.270 e. The van der Waals surface area contributed by atoms with Crippen LogP contribution in [0, 0.1) is 5.92 Å². The second-order valence-corrected chi connectivity index (χ2v) is 6.56. The number of carbonyl (C=O) groups excluding carboxylic acids is 1. The predicted octanol–water partition coefficient (Wildman–Crippen LogP) is 4.16. The van der Waals surface area contributed by atoms with E-state index in [-0.39, 0.29) is 5.91 Å². The van der Waals surface area contributed by atoms with Crippen LogP contribution in [-0.2, 0) is 6.54 Å². The van der Waals surface area contributed by atoms with Gasteiger partial charge in [0.15, 0.2) is 0 Å². The Bertz CT molecular complexity index is 828. The zero-order valence-corrected chi connectivity index (χ0v) is 13.4. The van der Waals surface area contributed by atoms with Crippen molar-refractivity contribution < 1.29 is 9.21 Å². The van der Waals surface area contributed by atoms with Gasteiger partial charge in [-0.25, -0.2) is 0 Å². The van der Waals surface area contributed by atoms with Crippen LogP contribution in [0.25, 0.3) is 10.9 Å². The van der Waals surface area contributed by atoms with Gasteiger partial charge in [0.2, 0.25) is 0 Å². The largest absolute Gasteiger partial charge is 0.464 e. The third-order valence-electron chi connectivity index (χ3n) is 4.66. The number of rotatable bonds is 4. The molecule has 0 saturated heterocycles. The minimum atomic E-state index is -0.0288. The van der Waals surface area contributed by atoms with Gasteiger partial charge in [-0.1, -0.05) is 25.1 Å². The maximum absolute atomic E-state index is 12.6. The van der Waals surface area contributed by atoms with E-state index in [9.17, 15) is 4.79 Å². The van der Waals surface area contributed by atoms with Gasteiger partial charge in [0, 0.05) is 23.9 Å². The standard InChI is InChI=1S/C19H20N2O2/c1-12-9-15(12)18-8-7-14(23-18)11-21(2)19(22)17-10-13-5-3-4-6-16(13)20-17/h3-8,10,12,15,20H,9,11H2,1-2H3/t12-,15-/m1/s1. The number of benzene rings is 1. The van der Waals surface area contributed by atoms with Gasteiger partial charge in [-0.3, -0.25) is 4.79 Å². The monoisotopic (exact) mass is 308 g/mol. The lowest BCUT2D eigenvalue weighted by molar-refractivity contribution is 0.0770. The van der Waals surface area contributed by atoms with Gasteiger partial charge in [-0.15, -0.1) is 0 Å². The van der Waals surface area contributed by atoms with Gasteiger partial charge in [0.1, 0.15) is 17.2 Å². The van der Waals surface area contributed by atoms with Crippen molar-refractivity contribution in [3.63, 3.8) is 0 Å². The molecule has 118 valence electrons. The van der Waals surface area contributed by atoms with Crippen LogP contribution in [-0.4, -0.2) is 22.8 Å². The Kier molecular flexibility index (Phi) is 3.26. The molecule has 4 rings (SSSR count). The van der Waals surface area contributed by atoms with Crippen molar-refractivity contribution in [2.45, 2.75) is 25.8 Å². The molecule has 0 spiro atoms. The normalized spacial score (nSPS) is 19.9. The van der Waals surface area contributed by atoms with E-state index in [0.29, 0.717) is 18.2 Å². The fourth-order valence-electron chi connectivity index (χ4n) is 3.10. The highest BCUT2D eigenvalue weighted by Gasteiger charge is 2.36. The molecule has 1 saturated carbocycles. The van der Waals surface area contributed by atoms with E-state index >= 15 is 0 Å². The van der Waals surface area contributed by atoms with E-state index in [0.717, 1.165) is 28.3 Å². The number of aromatic amines is 1. The molecular weight excluding hydrogens is 288 g/mol. The summed E-state index contributed by atoms with van der Waals surface area (Å²) in [5.41, 5.74) is 1.59. The fourth-order valence-corrected chi connectivity index (χ4v) is 3.10. The average Bonchev–Trinajstić information content (AvgIpc) is 2.97. The van der Waals surface area contributed by atoms with Gasteiger partial charge in [0.05, 0.1) is 6.54 Å². The molecule has 3 aromatic rings. The van der Waals surface area contributed by atoms with Crippen LogP contribution in [0.1, 0.15) is 41.3 Å². The summed E-state index contributed by atoms with van der Waals surface area (Å²) in [6.45, 7) is 2.72. The van der Waals surface area contributed by atoms with Crippen LogP contribution in [0.2, 0.25) is 0 Å². The van der Waals surface area contributed by atoms with Crippen molar-refractivity contribution in [3.8, 4) is 0 Å². The molecular formula is C19H20N2O2. The van der Waals surface area contributed by atoms with Crippen molar-refractivity contribution in [1.29, 1.82) is 0 Å². The van der Waals surface area contributed by atoms with E-state index in [1.807, 2.05) is 42.5 Å². The average molecular weight is 308 g/mol. The molecule has 2 heterocycles. The molecule has 2 atom stereocenters. The quantitative estimate of drug-likeness (QED) is 0.787. The van der Waals surface area contributed by atoms with Gasteiger partial charge >= 0.3 is 0 Å². The fraction of sp³-hybridized carbons (Fsp3) is 0.316. The van der Waals surface area contributed by atoms with Crippen LogP contribution >= 0.6 is 0 Å². The molecule has 0 bridgehead atoms. The van der Waals surface area contributed by atoms with E-state index in [1.54, 1.807) is 11.9 Å². The Morgan fingerprint density at radius 2 is 2.09 bits per heavy atom. The van der Waals surface area contributed by atoms with E-state index in [4.69, 9.17) is 4.42 Å². The minimum absolute atomic E-state index is 0.0288. The van der Waals surface area contributed by atoms with Crippen molar-refractivity contribution in [1.82, 2.24) is 9.88 Å². The summed E-state index contributed by atoms with van der Waals surface area (Å²) in [6.07, 6.45) is 1.21. The zero-order valence-electron chi connectivity index (χ0n) is 13.4. The highest BCUT2D eigenvalue weighted by molar-refractivity contribution is 5.97. The van der Waals surface area contributed by atoms with Gasteiger partial charge in [0.25, 0.3) is 5.91 Å². The van der Waals surface area contributed by atoms with Gasteiger partial charge in [-0.05, 0) is 36.6 Å². The van der Waals surface area contributed by atoms with Crippen LogP contribution in [0.4, 0.5) is 0 Å². The molecule has 1 aliphatic carbocycles. The van der Waals surface area contributed by atoms with Crippen molar-refractivity contribution in [2.75, 3.05) is 7.05 Å². The van der Waals surface area contributed by atoms with Gasteiger partial charge in [-0.2, -0.15) is 0 Å². The number of hydrogen-bond donors (Lipinski definition) is 1. The number of furan rings is 1. The number of aromatic nitrogens is 1. The summed E-state index contributed by atoms with van der Waals surface area (Å²) < 4.78 is 5.89. The molecule has 4 heteroatoms. The van der Waals surface area contributed by atoms with Crippen molar-refractivity contribution in [2.24, 2.45) is 5.92 Å². The summed E-state index contributed by atoms with van der Waals surface area (Å²) in [5, 5.41) is 1.05. The number of nitrogens with zero attached hydrogens (tertiary/aromatic N) is 1. The second kappa shape index (κ2) is 5.30. The van der Waals surface area contributed by atoms with E-state index < -0.39 is 0 Å². The Morgan fingerprint density at radius 3 is 2.83 bits per heavy atom. The van der Waals surface area contributed by atoms with Crippen molar-refractivity contribution >= 4 is 16.8 Å². The lowest BCUT2D eigenvalue weighted by atomic mass is 10.2. The highest BCUT2D eigenvalue weighted by atomic mass is 16.3. The SMILES string of the molecule is C[C@@H]1C[C@H]1c1ccc(CN(C)C(=O)c2cc3ccccc3[nH]2)o1. The highest BCUT2D eigenvalue weighted by Crippen LogP contribution is 2.47. The first kappa shape index (κ1) is 14.1. The number of nitrogens with one attached hydrogen (secondary N) is 1. The van der Waals surface area contributed by atoms with Gasteiger partial charge < -0.3 is 14.3 Å². The van der Waals surface area contributed by atoms with Crippen LogP contribution in [0.5, 0.6) is 0 Å². The van der Waals surface area contributed by atoms with Crippen LogP contribution in [0.15, 0.2) is 46.9 Å². The van der Waals surface area contributed by atoms with Crippen LogP contribution < -0.4 is 0 Å². The Hall–Kier alpha value is -2.49. The molecule has 0 unspecified atom stereocenters. The number of amides is 1. The molecule has 1 aliphatic rings. The van der Waals surface area contributed by atoms with Crippen LogP contribution in [0.3, 0.4) is 0 Å². The molecule has 1 aromatic carbocycles. The minimum Gasteiger partial charge on any atom is -0.464 e. The topological polar surface area (TPSA) is 49.2 Å². The molecule has 0 aliphatic heterocycles. The summed E-state index contributed by atoms with van der Waals surface area (Å²) >= 11 is 0. The van der Waals surface area contributed by atoms with Crippen molar-refractivity contribution in [3.05, 3.63) is 59.7 Å². The molecule has 2 aromatic heterocycles. The van der Waals surface area contributed by atoms with E-state index in [2.05, 4.69) is 11.9 Å². The molecule has 1 N–H and O–H groups in total. The lowest BCUT2D eigenvalue weighted by Crippen LogP contribution is -2.26. The Labute approximate surface area is 135 Å². The third-order valence-corrected chi connectivity index (χ3v) is 4.66. The predicted molar refractivity (Wildman–Crippen MR) is 89.3 cm³/mol. The Morgan fingerprint density at radius 1 is 1.30 bits per heavy atom. The lowest BCUT2D eigenvalue weighted by Gasteiger charge is -2.14. The molecule has 1 fully saturated rings. The maximum atomic E-state index is 12.6. The second-order valence-electron chi connectivity index (χ2n) is 6.56. The smallest absolute Gasteiger partial charge is 0.270 e. The first-order valence-corrected chi connectivity index (χ1v) is 8.03. The molecule has 23 heavy (non-hydrogen) atoms. The molecule has 1 amide bonds. The van der Waals surface area contributed by atoms with E-state index in [1.165, 1.54) is 6.42 Å². The zero-order chi connectivity index (χ0) is 16.0. The number of hydrogen-bond acceptors (Lipinski definition) is 2. The number of H-pyrrole nitrogens is 1. The first-order valence-electron chi connectivity index (χ1n) is 8.03. The summed E-state index contributed by atoms with van der Waals surface area (Å²) in [7, 11) is 1.80. The molecule has 4 nitrogen and oxygen atoms in total. The third kappa shape index (κ3) is 2.65. The first-order chi connectivity index (χ1) is 11.1. The Balaban J connectivity index is 1.48. The summed E-state index contributed by atoms with van der Waals surface area (Å²) in [4.78, 5) is 17.4. The molecule has 0 radical (unpaired) electrons. The summed E-state index contributed by atoms with van der Waals surface area (Å²) in [5.74, 6) is 3.15. The summed E-state index contributed by atoms with van der Waals surface area (Å²) in [6, 6.07) is 13.8. The number of fused-ring (bicyclic) bond motifs is 1.